The molecule has 1 aromatic heterocycles. The topological polar surface area (TPSA) is 34.4 Å². The van der Waals surface area contributed by atoms with Gasteiger partial charge in [-0.25, -0.2) is 4.39 Å². The summed E-state index contributed by atoms with van der Waals surface area (Å²) in [6, 6.07) is 12.1. The van der Waals surface area contributed by atoms with E-state index in [4.69, 9.17) is 0 Å². The van der Waals surface area contributed by atoms with E-state index in [9.17, 15) is 9.18 Å². The maximum absolute atomic E-state index is 13.0. The van der Waals surface area contributed by atoms with E-state index in [0.717, 1.165) is 12.0 Å². The number of carbonyl (C=O) groups excluding carboxylic acids is 1. The molecule has 0 amide bonds. The van der Waals surface area contributed by atoms with Gasteiger partial charge in [-0.15, -0.1) is 0 Å². The zero-order chi connectivity index (χ0) is 15.7. The fourth-order valence-electron chi connectivity index (χ4n) is 2.72. The van der Waals surface area contributed by atoms with E-state index in [0.29, 0.717) is 5.49 Å². The normalized spacial score (nSPS) is 21.2. The molecular formula is C18H19FN2O. The van der Waals surface area contributed by atoms with E-state index in [1.54, 1.807) is 22.9 Å². The minimum absolute atomic E-state index is 0.0426. The molecule has 2 unspecified atom stereocenters. The van der Waals surface area contributed by atoms with Crippen LogP contribution in [0.25, 0.3) is 0 Å². The largest absolute Gasteiger partial charge is 0.274 e. The molecule has 0 bridgehead atoms. The predicted molar refractivity (Wildman–Crippen MR) is 83.0 cm³/mol. The quantitative estimate of drug-likeness (QED) is 0.855. The van der Waals surface area contributed by atoms with Crippen LogP contribution in [-0.2, 0) is 0 Å². The van der Waals surface area contributed by atoms with Crippen LogP contribution in [0.4, 0.5) is 4.39 Å². The van der Waals surface area contributed by atoms with Crippen LogP contribution < -0.4 is 5.49 Å². The molecule has 3 rings (SSSR count). The number of hydrogen-bond donors (Lipinski definition) is 0. The van der Waals surface area contributed by atoms with E-state index < -0.39 is 0 Å². The summed E-state index contributed by atoms with van der Waals surface area (Å²) >= 11 is 0. The zero-order valence-electron chi connectivity index (χ0n) is 12.7. The van der Waals surface area contributed by atoms with Crippen LogP contribution >= 0.6 is 0 Å². The Balaban J connectivity index is 1.84. The van der Waals surface area contributed by atoms with Gasteiger partial charge >= 0.3 is 0 Å². The van der Waals surface area contributed by atoms with Crippen LogP contribution in [0.5, 0.6) is 0 Å². The zero-order valence-corrected chi connectivity index (χ0v) is 12.7. The molecule has 2 aromatic rings. The molecule has 3 nitrogen and oxygen atoms in total. The van der Waals surface area contributed by atoms with Crippen molar-refractivity contribution in [2.45, 2.75) is 32.2 Å². The lowest BCUT2D eigenvalue weighted by molar-refractivity contribution is 0.0877. The summed E-state index contributed by atoms with van der Waals surface area (Å²) in [5.74, 6) is -0.0382. The Morgan fingerprint density at radius 1 is 1.23 bits per heavy atom. The number of halogens is 1. The number of nitrogens with zero attached hydrogens (tertiary/aromatic N) is 2. The van der Waals surface area contributed by atoms with Crippen molar-refractivity contribution in [3.8, 4) is 0 Å². The second-order valence-corrected chi connectivity index (χ2v) is 5.99. The van der Waals surface area contributed by atoms with Crippen LogP contribution in [0.3, 0.4) is 0 Å². The van der Waals surface area contributed by atoms with E-state index in [2.05, 4.69) is 4.99 Å². The summed E-state index contributed by atoms with van der Waals surface area (Å²) < 4.78 is 14.6. The fraction of sp³-hybridized carbons (Fsp3) is 0.333. The number of pyridine rings is 1. The predicted octanol–water partition coefficient (Wildman–Crippen LogP) is 3.38. The molecule has 1 fully saturated rings. The smallest absolute Gasteiger partial charge is 0.235 e. The van der Waals surface area contributed by atoms with Crippen LogP contribution in [0, 0.1) is 11.7 Å². The highest BCUT2D eigenvalue weighted by atomic mass is 19.1. The Morgan fingerprint density at radius 2 is 1.95 bits per heavy atom. The van der Waals surface area contributed by atoms with Crippen molar-refractivity contribution in [3.63, 3.8) is 0 Å². The molecule has 0 N–H and O–H groups in total. The fourth-order valence-corrected chi connectivity index (χ4v) is 2.72. The number of benzene rings is 1. The lowest BCUT2D eigenvalue weighted by Gasteiger charge is -2.07. The summed E-state index contributed by atoms with van der Waals surface area (Å²) in [4.78, 5) is 17.2. The third-order valence-corrected chi connectivity index (χ3v) is 3.87. The van der Waals surface area contributed by atoms with Crippen LogP contribution in [0.1, 0.15) is 36.5 Å². The standard InChI is InChI=1S/C18H19FN2O/c1-12(2)20-17-5-3-4-10-21(17)18(22)16-11-15(16)13-6-8-14(19)9-7-13/h3-10,12,15-16H,11H2,1-2H3. The number of rotatable bonds is 3. The maximum atomic E-state index is 13.0. The number of hydrogen-bond acceptors (Lipinski definition) is 2. The van der Waals surface area contributed by atoms with Crippen molar-refractivity contribution in [1.29, 1.82) is 0 Å². The minimum atomic E-state index is -0.247. The average Bonchev–Trinajstić information content (AvgIpc) is 3.28. The highest BCUT2D eigenvalue weighted by Crippen LogP contribution is 2.48. The first-order valence-electron chi connectivity index (χ1n) is 7.57. The minimum Gasteiger partial charge on any atom is -0.274 e. The molecule has 1 aliphatic rings. The molecule has 1 heterocycles. The van der Waals surface area contributed by atoms with Gasteiger partial charge < -0.3 is 0 Å². The van der Waals surface area contributed by atoms with Crippen molar-refractivity contribution >= 4 is 5.91 Å². The molecule has 1 aliphatic carbocycles. The van der Waals surface area contributed by atoms with Gasteiger partial charge in [0.2, 0.25) is 5.91 Å². The van der Waals surface area contributed by atoms with Gasteiger partial charge in [-0.3, -0.25) is 14.4 Å². The summed E-state index contributed by atoms with van der Waals surface area (Å²) in [7, 11) is 0. The lowest BCUT2D eigenvalue weighted by atomic mass is 10.1. The van der Waals surface area contributed by atoms with Gasteiger partial charge in [0.1, 0.15) is 11.3 Å². The van der Waals surface area contributed by atoms with E-state index in [1.807, 2.05) is 32.0 Å². The Labute approximate surface area is 129 Å². The van der Waals surface area contributed by atoms with Gasteiger partial charge in [-0.05, 0) is 56.0 Å². The number of carbonyl (C=O) groups is 1. The van der Waals surface area contributed by atoms with Crippen molar-refractivity contribution in [3.05, 3.63) is 65.5 Å². The molecule has 1 aromatic carbocycles. The second kappa shape index (κ2) is 5.87. The van der Waals surface area contributed by atoms with Crippen molar-refractivity contribution in [1.82, 2.24) is 4.57 Å². The van der Waals surface area contributed by atoms with E-state index in [1.165, 1.54) is 12.1 Å². The first-order valence-corrected chi connectivity index (χ1v) is 7.57. The molecule has 2 atom stereocenters. The van der Waals surface area contributed by atoms with Crippen LogP contribution in [0.15, 0.2) is 53.7 Å². The lowest BCUT2D eigenvalue weighted by Crippen LogP contribution is -2.28. The monoisotopic (exact) mass is 298 g/mol. The molecule has 0 radical (unpaired) electrons. The summed E-state index contributed by atoms with van der Waals surface area (Å²) in [5.41, 5.74) is 1.71. The van der Waals surface area contributed by atoms with Gasteiger partial charge in [-0.1, -0.05) is 18.2 Å². The molecule has 1 saturated carbocycles. The van der Waals surface area contributed by atoms with E-state index in [-0.39, 0.29) is 29.6 Å². The van der Waals surface area contributed by atoms with Crippen LogP contribution in [-0.4, -0.2) is 16.5 Å². The average molecular weight is 298 g/mol. The Kier molecular flexibility index (Phi) is 3.92. The van der Waals surface area contributed by atoms with Gasteiger partial charge in [0, 0.05) is 18.2 Å². The van der Waals surface area contributed by atoms with Gasteiger partial charge in [-0.2, -0.15) is 0 Å². The molecule has 4 heteroatoms. The van der Waals surface area contributed by atoms with E-state index >= 15 is 0 Å². The molecule has 0 spiro atoms. The van der Waals surface area contributed by atoms with Crippen LogP contribution in [0.2, 0.25) is 0 Å². The van der Waals surface area contributed by atoms with Gasteiger partial charge in [0.25, 0.3) is 0 Å². The maximum Gasteiger partial charge on any atom is 0.235 e. The molecule has 114 valence electrons. The first kappa shape index (κ1) is 14.7. The Morgan fingerprint density at radius 3 is 2.64 bits per heavy atom. The SMILES string of the molecule is CC(C)N=c1ccccn1C(=O)C1CC1c1ccc(F)cc1. The highest BCUT2D eigenvalue weighted by molar-refractivity contribution is 5.85. The summed E-state index contributed by atoms with van der Waals surface area (Å²) in [5, 5.41) is 0. The Bertz CT molecular complexity index is 746. The second-order valence-electron chi connectivity index (χ2n) is 5.99. The molecule has 0 saturated heterocycles. The van der Waals surface area contributed by atoms with Crippen molar-refractivity contribution in [2.75, 3.05) is 0 Å². The van der Waals surface area contributed by atoms with Crippen molar-refractivity contribution in [2.24, 2.45) is 10.9 Å². The third-order valence-electron chi connectivity index (χ3n) is 3.87. The van der Waals surface area contributed by atoms with Crippen molar-refractivity contribution < 1.29 is 9.18 Å². The molecule has 0 aliphatic heterocycles. The van der Waals surface area contributed by atoms with Gasteiger partial charge in [0.15, 0.2) is 0 Å². The Hall–Kier alpha value is -2.23. The third kappa shape index (κ3) is 3.01. The first-order chi connectivity index (χ1) is 10.6. The van der Waals surface area contributed by atoms with Gasteiger partial charge in [0.05, 0.1) is 0 Å². The summed E-state index contributed by atoms with van der Waals surface area (Å²) in [6.45, 7) is 3.97. The summed E-state index contributed by atoms with van der Waals surface area (Å²) in [6.07, 6.45) is 2.58. The highest BCUT2D eigenvalue weighted by Gasteiger charge is 2.44. The molecule has 22 heavy (non-hydrogen) atoms. The molecular weight excluding hydrogens is 279 g/mol. The number of aromatic nitrogens is 1.